The minimum atomic E-state index is -0.367. The first-order valence-electron chi connectivity index (χ1n) is 7.72. The van der Waals surface area contributed by atoms with Crippen LogP contribution >= 0.6 is 11.6 Å². The van der Waals surface area contributed by atoms with Crippen molar-refractivity contribution in [2.24, 2.45) is 0 Å². The summed E-state index contributed by atoms with van der Waals surface area (Å²) in [6, 6.07) is 7.19. The smallest absolute Gasteiger partial charge is 0.251 e. The lowest BCUT2D eigenvalue weighted by atomic mass is 10.1. The van der Waals surface area contributed by atoms with E-state index in [-0.39, 0.29) is 12.0 Å². The molecule has 0 spiro atoms. The molecule has 2 rings (SSSR count). The van der Waals surface area contributed by atoms with E-state index >= 15 is 0 Å². The maximum absolute atomic E-state index is 12.1. The molecular weight excluding hydrogens is 314 g/mol. The molecule has 1 atom stereocenters. The summed E-state index contributed by atoms with van der Waals surface area (Å²) in [6.07, 6.45) is 0.883. The van der Waals surface area contributed by atoms with Gasteiger partial charge in [0.05, 0.1) is 28.2 Å². The molecule has 5 nitrogen and oxygen atoms in total. The number of aryl methyl sites for hydroxylation is 1. The maximum Gasteiger partial charge on any atom is 0.251 e. The monoisotopic (exact) mass is 335 g/mol. The molecule has 1 heterocycles. The highest BCUT2D eigenvalue weighted by molar-refractivity contribution is 6.31. The predicted molar refractivity (Wildman–Crippen MR) is 91.3 cm³/mol. The Balaban J connectivity index is 2.04. The summed E-state index contributed by atoms with van der Waals surface area (Å²) < 4.78 is 1.76. The molecule has 0 radical (unpaired) electrons. The molecule has 2 aromatic rings. The van der Waals surface area contributed by atoms with Crippen molar-refractivity contribution in [3.8, 4) is 5.69 Å². The number of rotatable bonds is 6. The van der Waals surface area contributed by atoms with Gasteiger partial charge in [0.1, 0.15) is 0 Å². The SMILES string of the molecule is CCC(O)CCNC(=O)c1ccc(-n2nc(C)c(Cl)c2C)cc1. The number of nitrogens with zero attached hydrogens (tertiary/aromatic N) is 2. The van der Waals surface area contributed by atoms with E-state index in [9.17, 15) is 9.90 Å². The van der Waals surface area contributed by atoms with E-state index in [1.165, 1.54) is 0 Å². The largest absolute Gasteiger partial charge is 0.393 e. The number of hydrogen-bond donors (Lipinski definition) is 2. The van der Waals surface area contributed by atoms with Gasteiger partial charge in [-0.25, -0.2) is 4.68 Å². The van der Waals surface area contributed by atoms with E-state index in [1.54, 1.807) is 16.8 Å². The number of halogens is 1. The van der Waals surface area contributed by atoms with Crippen molar-refractivity contribution in [3.63, 3.8) is 0 Å². The van der Waals surface area contributed by atoms with E-state index in [0.717, 1.165) is 17.1 Å². The molecule has 1 aromatic carbocycles. The Kier molecular flexibility index (Phi) is 5.80. The third kappa shape index (κ3) is 4.12. The Bertz CT molecular complexity index is 680. The molecule has 0 aliphatic rings. The molecule has 1 aromatic heterocycles. The van der Waals surface area contributed by atoms with Crippen LogP contribution in [0.3, 0.4) is 0 Å². The number of aliphatic hydroxyl groups excluding tert-OH is 1. The molecule has 0 aliphatic carbocycles. The first-order chi connectivity index (χ1) is 10.9. The summed E-state index contributed by atoms with van der Waals surface area (Å²) in [6.45, 7) is 6.14. The van der Waals surface area contributed by atoms with Crippen molar-refractivity contribution in [2.75, 3.05) is 6.54 Å². The van der Waals surface area contributed by atoms with Gasteiger partial charge < -0.3 is 10.4 Å². The average Bonchev–Trinajstić information content (AvgIpc) is 2.82. The van der Waals surface area contributed by atoms with Crippen LogP contribution in [0.4, 0.5) is 0 Å². The molecule has 0 fully saturated rings. The molecule has 6 heteroatoms. The third-order valence-corrected chi connectivity index (χ3v) is 4.36. The lowest BCUT2D eigenvalue weighted by Gasteiger charge is -2.09. The second-order valence-electron chi connectivity index (χ2n) is 5.55. The zero-order chi connectivity index (χ0) is 17.0. The average molecular weight is 336 g/mol. The molecule has 2 N–H and O–H groups in total. The van der Waals surface area contributed by atoms with Gasteiger partial charge in [0.15, 0.2) is 0 Å². The van der Waals surface area contributed by atoms with Gasteiger partial charge >= 0.3 is 0 Å². The molecule has 23 heavy (non-hydrogen) atoms. The minimum absolute atomic E-state index is 0.147. The van der Waals surface area contributed by atoms with Crippen LogP contribution in [0.2, 0.25) is 5.02 Å². The van der Waals surface area contributed by atoms with E-state index < -0.39 is 0 Å². The second-order valence-corrected chi connectivity index (χ2v) is 5.93. The van der Waals surface area contributed by atoms with Gasteiger partial charge in [0.25, 0.3) is 5.91 Å². The topological polar surface area (TPSA) is 67.2 Å². The Morgan fingerprint density at radius 2 is 2.00 bits per heavy atom. The Hall–Kier alpha value is -1.85. The van der Waals surface area contributed by atoms with Gasteiger partial charge in [0, 0.05) is 12.1 Å². The normalized spacial score (nSPS) is 12.2. The van der Waals surface area contributed by atoms with Gasteiger partial charge in [0.2, 0.25) is 0 Å². The first kappa shape index (κ1) is 17.5. The Morgan fingerprint density at radius 1 is 1.35 bits per heavy atom. The number of hydrogen-bond acceptors (Lipinski definition) is 3. The number of benzene rings is 1. The molecule has 0 bridgehead atoms. The van der Waals surface area contributed by atoms with Gasteiger partial charge in [-0.15, -0.1) is 0 Å². The van der Waals surface area contributed by atoms with E-state index in [0.29, 0.717) is 30.0 Å². The summed E-state index contributed by atoms with van der Waals surface area (Å²) >= 11 is 6.16. The van der Waals surface area contributed by atoms with Crippen molar-refractivity contribution in [2.45, 2.75) is 39.7 Å². The number of nitrogens with one attached hydrogen (secondary N) is 1. The van der Waals surface area contributed by atoms with Gasteiger partial charge in [-0.05, 0) is 51.0 Å². The fourth-order valence-electron chi connectivity index (χ4n) is 2.29. The van der Waals surface area contributed by atoms with Crippen molar-refractivity contribution < 1.29 is 9.90 Å². The molecule has 0 saturated heterocycles. The predicted octanol–water partition coefficient (Wildman–Crippen LogP) is 3.03. The molecule has 0 aliphatic heterocycles. The number of aromatic nitrogens is 2. The van der Waals surface area contributed by atoms with Crippen LogP contribution in [0.25, 0.3) is 5.69 Å². The number of carbonyl (C=O) groups excluding carboxylic acids is 1. The lowest BCUT2D eigenvalue weighted by molar-refractivity contribution is 0.0942. The summed E-state index contributed by atoms with van der Waals surface area (Å²) in [7, 11) is 0. The first-order valence-corrected chi connectivity index (χ1v) is 8.10. The fraction of sp³-hybridized carbons (Fsp3) is 0.412. The van der Waals surface area contributed by atoms with Crippen molar-refractivity contribution in [1.82, 2.24) is 15.1 Å². The van der Waals surface area contributed by atoms with Crippen LogP contribution < -0.4 is 5.32 Å². The number of amides is 1. The van der Waals surface area contributed by atoms with Crippen molar-refractivity contribution in [3.05, 3.63) is 46.2 Å². The Morgan fingerprint density at radius 3 is 2.52 bits per heavy atom. The van der Waals surface area contributed by atoms with Crippen LogP contribution in [0.5, 0.6) is 0 Å². The molecule has 124 valence electrons. The van der Waals surface area contributed by atoms with Gasteiger partial charge in [-0.3, -0.25) is 4.79 Å². The fourth-order valence-corrected chi connectivity index (χ4v) is 2.41. The van der Waals surface area contributed by atoms with Crippen LogP contribution in [-0.2, 0) is 0 Å². The van der Waals surface area contributed by atoms with Crippen LogP contribution in [0, 0.1) is 13.8 Å². The molecular formula is C17H22ClN3O2. The van der Waals surface area contributed by atoms with Crippen LogP contribution in [-0.4, -0.2) is 33.4 Å². The highest BCUT2D eigenvalue weighted by Crippen LogP contribution is 2.22. The zero-order valence-electron chi connectivity index (χ0n) is 13.6. The molecule has 1 unspecified atom stereocenters. The van der Waals surface area contributed by atoms with Crippen LogP contribution in [0.15, 0.2) is 24.3 Å². The van der Waals surface area contributed by atoms with Crippen molar-refractivity contribution in [1.29, 1.82) is 0 Å². The van der Waals surface area contributed by atoms with Crippen molar-refractivity contribution >= 4 is 17.5 Å². The van der Waals surface area contributed by atoms with Crippen LogP contribution in [0.1, 0.15) is 41.5 Å². The minimum Gasteiger partial charge on any atom is -0.393 e. The Labute approximate surface area is 141 Å². The maximum atomic E-state index is 12.1. The summed E-state index contributed by atoms with van der Waals surface area (Å²) in [5.41, 5.74) is 3.08. The quantitative estimate of drug-likeness (QED) is 0.852. The third-order valence-electron chi connectivity index (χ3n) is 3.81. The van der Waals surface area contributed by atoms with Gasteiger partial charge in [-0.1, -0.05) is 18.5 Å². The summed E-state index contributed by atoms with van der Waals surface area (Å²) in [5, 5.41) is 17.3. The standard InChI is InChI=1S/C17H22ClN3O2/c1-4-15(22)9-10-19-17(23)13-5-7-14(8-6-13)21-12(3)16(18)11(2)20-21/h5-8,15,22H,4,9-10H2,1-3H3,(H,19,23). The second kappa shape index (κ2) is 7.62. The van der Waals surface area contributed by atoms with E-state index in [1.807, 2.05) is 32.9 Å². The summed E-state index contributed by atoms with van der Waals surface area (Å²) in [5.74, 6) is -0.147. The number of carbonyl (C=O) groups is 1. The summed E-state index contributed by atoms with van der Waals surface area (Å²) in [4.78, 5) is 12.1. The number of aliphatic hydroxyl groups is 1. The molecule has 0 saturated carbocycles. The van der Waals surface area contributed by atoms with E-state index in [2.05, 4.69) is 10.4 Å². The zero-order valence-corrected chi connectivity index (χ0v) is 14.4. The highest BCUT2D eigenvalue weighted by atomic mass is 35.5. The van der Waals surface area contributed by atoms with E-state index in [4.69, 9.17) is 11.6 Å². The van der Waals surface area contributed by atoms with Gasteiger partial charge in [-0.2, -0.15) is 5.10 Å². The highest BCUT2D eigenvalue weighted by Gasteiger charge is 2.12. The lowest BCUT2D eigenvalue weighted by Crippen LogP contribution is -2.27. The molecule has 1 amide bonds.